The molecule has 54 valence electrons. The Morgan fingerprint density at radius 2 is 2.50 bits per heavy atom. The van der Waals surface area contributed by atoms with Crippen LogP contribution in [-0.4, -0.2) is 5.10 Å². The van der Waals surface area contributed by atoms with E-state index in [1.54, 1.807) is 0 Å². The van der Waals surface area contributed by atoms with Crippen molar-refractivity contribution in [3.05, 3.63) is 17.5 Å². The highest BCUT2D eigenvalue weighted by molar-refractivity contribution is 5.20. The summed E-state index contributed by atoms with van der Waals surface area (Å²) in [5.74, 6) is 0. The zero-order chi connectivity index (χ0) is 7.14. The van der Waals surface area contributed by atoms with Crippen LogP contribution in [0.1, 0.15) is 24.2 Å². The number of aromatic amines is 1. The summed E-state index contributed by atoms with van der Waals surface area (Å²) in [6.45, 7) is 3.18. The SMILES string of the molecule is C[C@H]1NCc2c1c[nH][n+]2C. The van der Waals surface area contributed by atoms with Gasteiger partial charge in [-0.1, -0.05) is 0 Å². The molecule has 0 saturated heterocycles. The first kappa shape index (κ1) is 5.92. The monoisotopic (exact) mass is 138 g/mol. The number of H-pyrrole nitrogens is 1. The van der Waals surface area contributed by atoms with E-state index in [1.165, 1.54) is 11.3 Å². The second-order valence-corrected chi connectivity index (χ2v) is 2.84. The lowest BCUT2D eigenvalue weighted by atomic mass is 10.2. The second kappa shape index (κ2) is 1.83. The molecule has 1 aromatic rings. The third-order valence-electron chi connectivity index (χ3n) is 2.19. The fourth-order valence-electron chi connectivity index (χ4n) is 1.48. The Labute approximate surface area is 60.0 Å². The largest absolute Gasteiger partial charge is 0.300 e. The van der Waals surface area contributed by atoms with Gasteiger partial charge in [0.1, 0.15) is 0 Å². The van der Waals surface area contributed by atoms with Crippen LogP contribution >= 0.6 is 0 Å². The van der Waals surface area contributed by atoms with Gasteiger partial charge in [0.2, 0.25) is 5.69 Å². The highest BCUT2D eigenvalue weighted by atomic mass is 15.3. The molecule has 0 aliphatic carbocycles. The van der Waals surface area contributed by atoms with Crippen LogP contribution in [0.25, 0.3) is 0 Å². The number of hydrogen-bond acceptors (Lipinski definition) is 1. The third kappa shape index (κ3) is 0.609. The van der Waals surface area contributed by atoms with E-state index in [0.29, 0.717) is 6.04 Å². The molecule has 1 aromatic heterocycles. The first-order valence-electron chi connectivity index (χ1n) is 3.58. The number of rotatable bonds is 0. The quantitative estimate of drug-likeness (QED) is 0.486. The molecule has 3 heteroatoms. The molecule has 2 N–H and O–H groups in total. The summed E-state index contributed by atoms with van der Waals surface area (Å²) in [5, 5.41) is 6.51. The molecule has 10 heavy (non-hydrogen) atoms. The van der Waals surface area contributed by atoms with Crippen molar-refractivity contribution in [3.63, 3.8) is 0 Å². The van der Waals surface area contributed by atoms with Gasteiger partial charge in [-0.15, -0.1) is 4.68 Å². The average molecular weight is 138 g/mol. The molecule has 3 nitrogen and oxygen atoms in total. The molecule has 0 aromatic carbocycles. The van der Waals surface area contributed by atoms with Crippen LogP contribution in [0.2, 0.25) is 0 Å². The van der Waals surface area contributed by atoms with Crippen LogP contribution in [0.15, 0.2) is 6.20 Å². The molecular weight excluding hydrogens is 126 g/mol. The maximum Gasteiger partial charge on any atom is 0.225 e. The minimum Gasteiger partial charge on any atom is -0.300 e. The van der Waals surface area contributed by atoms with E-state index < -0.39 is 0 Å². The molecule has 0 amide bonds. The first-order chi connectivity index (χ1) is 4.79. The molecule has 0 spiro atoms. The lowest BCUT2D eigenvalue weighted by Gasteiger charge is -1.96. The Morgan fingerprint density at radius 1 is 1.70 bits per heavy atom. The van der Waals surface area contributed by atoms with Crippen molar-refractivity contribution < 1.29 is 4.68 Å². The molecule has 1 aliphatic rings. The molecule has 1 aliphatic heterocycles. The first-order valence-corrected chi connectivity index (χ1v) is 3.58. The van der Waals surface area contributed by atoms with Crippen molar-refractivity contribution in [1.29, 1.82) is 0 Å². The van der Waals surface area contributed by atoms with Gasteiger partial charge in [-0.2, -0.15) is 5.10 Å². The number of aromatic nitrogens is 2. The van der Waals surface area contributed by atoms with Gasteiger partial charge in [0.25, 0.3) is 0 Å². The number of nitrogens with one attached hydrogen (secondary N) is 2. The molecular formula is C7H12N3+. The number of nitrogens with zero attached hydrogens (tertiary/aromatic N) is 1. The predicted octanol–water partition coefficient (Wildman–Crippen LogP) is 0.00340. The van der Waals surface area contributed by atoms with Crippen molar-refractivity contribution in [2.75, 3.05) is 0 Å². The molecule has 1 atom stereocenters. The van der Waals surface area contributed by atoms with Crippen molar-refractivity contribution in [2.24, 2.45) is 7.05 Å². The molecule has 2 rings (SSSR count). The summed E-state index contributed by atoms with van der Waals surface area (Å²) in [7, 11) is 2.04. The second-order valence-electron chi connectivity index (χ2n) is 2.84. The Balaban J connectivity index is 2.53. The summed E-state index contributed by atoms with van der Waals surface area (Å²) in [4.78, 5) is 0. The van der Waals surface area contributed by atoms with Crippen molar-refractivity contribution in [2.45, 2.75) is 19.5 Å². The minimum atomic E-state index is 0.521. The maximum absolute atomic E-state index is 3.36. The van der Waals surface area contributed by atoms with Gasteiger partial charge < -0.3 is 5.32 Å². The van der Waals surface area contributed by atoms with Gasteiger partial charge >= 0.3 is 0 Å². The van der Waals surface area contributed by atoms with E-state index in [4.69, 9.17) is 0 Å². The molecule has 0 fully saturated rings. The Kier molecular flexibility index (Phi) is 1.08. The lowest BCUT2D eigenvalue weighted by Crippen LogP contribution is -2.34. The fourth-order valence-corrected chi connectivity index (χ4v) is 1.48. The van der Waals surface area contributed by atoms with E-state index in [2.05, 4.69) is 28.2 Å². The highest BCUT2D eigenvalue weighted by Gasteiger charge is 2.26. The minimum absolute atomic E-state index is 0.521. The Morgan fingerprint density at radius 3 is 3.20 bits per heavy atom. The van der Waals surface area contributed by atoms with Crippen LogP contribution in [0.4, 0.5) is 0 Å². The van der Waals surface area contributed by atoms with Gasteiger partial charge in [-0.05, 0) is 6.92 Å². The van der Waals surface area contributed by atoms with Crippen LogP contribution in [0, 0.1) is 0 Å². The van der Waals surface area contributed by atoms with E-state index >= 15 is 0 Å². The smallest absolute Gasteiger partial charge is 0.225 e. The van der Waals surface area contributed by atoms with Gasteiger partial charge in [0.05, 0.1) is 18.3 Å². The van der Waals surface area contributed by atoms with E-state index in [1.807, 2.05) is 7.05 Å². The van der Waals surface area contributed by atoms with Gasteiger partial charge in [0, 0.05) is 6.04 Å². The summed E-state index contributed by atoms with van der Waals surface area (Å²) < 4.78 is 2.06. The van der Waals surface area contributed by atoms with Gasteiger partial charge in [-0.25, -0.2) is 0 Å². The van der Waals surface area contributed by atoms with Gasteiger partial charge in [0.15, 0.2) is 7.05 Å². The lowest BCUT2D eigenvalue weighted by molar-refractivity contribution is -0.733. The Bertz CT molecular complexity index is 251. The average Bonchev–Trinajstić information content (AvgIpc) is 2.41. The number of hydrogen-bond donors (Lipinski definition) is 2. The zero-order valence-electron chi connectivity index (χ0n) is 6.31. The number of aryl methyl sites for hydroxylation is 1. The van der Waals surface area contributed by atoms with Crippen LogP contribution < -0.4 is 10.00 Å². The predicted molar refractivity (Wildman–Crippen MR) is 37.2 cm³/mol. The van der Waals surface area contributed by atoms with Crippen LogP contribution in [-0.2, 0) is 13.6 Å². The van der Waals surface area contributed by atoms with Crippen LogP contribution in [0.3, 0.4) is 0 Å². The van der Waals surface area contributed by atoms with E-state index in [0.717, 1.165) is 6.54 Å². The molecule has 0 saturated carbocycles. The van der Waals surface area contributed by atoms with Crippen molar-refractivity contribution >= 4 is 0 Å². The Hall–Kier alpha value is -0.830. The van der Waals surface area contributed by atoms with Gasteiger partial charge in [-0.3, -0.25) is 0 Å². The van der Waals surface area contributed by atoms with E-state index in [-0.39, 0.29) is 0 Å². The molecule has 0 radical (unpaired) electrons. The molecule has 0 bridgehead atoms. The van der Waals surface area contributed by atoms with Crippen LogP contribution in [0.5, 0.6) is 0 Å². The normalized spacial score (nSPS) is 23.2. The maximum atomic E-state index is 3.36. The number of fused-ring (bicyclic) bond motifs is 1. The topological polar surface area (TPSA) is 31.7 Å². The fraction of sp³-hybridized carbons (Fsp3) is 0.571. The van der Waals surface area contributed by atoms with Crippen molar-refractivity contribution in [3.8, 4) is 0 Å². The summed E-state index contributed by atoms with van der Waals surface area (Å²) >= 11 is 0. The summed E-state index contributed by atoms with van der Waals surface area (Å²) in [6.07, 6.45) is 2.07. The highest BCUT2D eigenvalue weighted by Crippen LogP contribution is 2.20. The third-order valence-corrected chi connectivity index (χ3v) is 2.19. The zero-order valence-corrected chi connectivity index (χ0v) is 6.31. The standard InChI is InChI=1S/C7H11N3/c1-5-6-3-9-10(2)7(6)4-8-5/h3,5,8H,4H2,1-2H3/p+1/t5-/m1/s1. The van der Waals surface area contributed by atoms with Crippen molar-refractivity contribution in [1.82, 2.24) is 10.4 Å². The molecule has 2 heterocycles. The summed E-state index contributed by atoms with van der Waals surface area (Å²) in [5.41, 5.74) is 2.79. The summed E-state index contributed by atoms with van der Waals surface area (Å²) in [6, 6.07) is 0.521. The molecule has 0 unspecified atom stereocenters. The van der Waals surface area contributed by atoms with E-state index in [9.17, 15) is 0 Å².